The summed E-state index contributed by atoms with van der Waals surface area (Å²) < 4.78 is 18.4. The van der Waals surface area contributed by atoms with Crippen LogP contribution in [0.5, 0.6) is 0 Å². The van der Waals surface area contributed by atoms with Crippen LogP contribution in [-0.4, -0.2) is 52.5 Å². The van der Waals surface area contributed by atoms with Gasteiger partial charge in [-0.05, 0) is 133 Å². The normalized spacial score (nSPS) is 16.1. The van der Waals surface area contributed by atoms with Crippen LogP contribution in [-0.2, 0) is 23.2 Å². The van der Waals surface area contributed by atoms with E-state index in [4.69, 9.17) is 18.7 Å². The fourth-order valence-corrected chi connectivity index (χ4v) is 7.29. The molecule has 0 bridgehead atoms. The van der Waals surface area contributed by atoms with E-state index in [1.54, 1.807) is 6.92 Å². The molecule has 1 N–H and O–H groups in total. The van der Waals surface area contributed by atoms with Crippen LogP contribution in [0.1, 0.15) is 144 Å². The standard InChI is InChI=1S/C21H40O3Si.C19H36O3Si.2CH4/c1-11-16(3)19(24-25(9,10)21(6,7)8)17(4)14-13-15-18(5)20(22)23-12-2;1-10-14(2)17(22-23(8,9)19(5,6)7)15(3)12-11-13-16(4)18(20)21;;/h11,15,17,19H,12-14H2,1-10H3;10,13,15,17H,11-12H2,1-9H3,(H,20,21);2*1H4/b16-11+,18-15+;14-10+,16-13+;;/t17-,19+;15-,17+;;/m00../s1. The number of aliphatic carboxylic acids is 1. The number of carbonyl (C=O) groups is 2. The summed E-state index contributed by atoms with van der Waals surface area (Å²) in [7, 11) is -3.67. The molecule has 0 radical (unpaired) electrons. The van der Waals surface area contributed by atoms with Crippen LogP contribution in [0.3, 0.4) is 0 Å². The van der Waals surface area contributed by atoms with Crippen molar-refractivity contribution in [3.05, 3.63) is 46.6 Å². The third-order valence-electron chi connectivity index (χ3n) is 10.4. The van der Waals surface area contributed by atoms with Crippen LogP contribution >= 0.6 is 0 Å². The highest BCUT2D eigenvalue weighted by Gasteiger charge is 2.41. The molecule has 8 heteroatoms. The third kappa shape index (κ3) is 19.8. The SMILES string of the molecule is C.C.C/C=C(\C)[C@@H](O[Si](C)(C)C(C)(C)C)[C@@H](C)CC/C=C(\C)C(=O)O.C/C=C(\C)[C@@H](O[Si](C)(C)C(C)(C)C)[C@@H](C)CC/C=C(\C)C(=O)OCC. The Balaban J connectivity index is -0.000000408. The molecule has 296 valence electrons. The molecule has 0 heterocycles. The minimum atomic E-state index is -1.84. The second-order valence-electron chi connectivity index (χ2n) is 16.6. The molecule has 0 fully saturated rings. The molecule has 0 amide bonds. The van der Waals surface area contributed by atoms with Gasteiger partial charge in [0.1, 0.15) is 0 Å². The lowest BCUT2D eigenvalue weighted by molar-refractivity contribution is -0.138. The average Bonchev–Trinajstić information content (AvgIpc) is 2.96. The Hall–Kier alpha value is -1.75. The lowest BCUT2D eigenvalue weighted by Crippen LogP contribution is -2.45. The zero-order valence-electron chi connectivity index (χ0n) is 34.6. The Labute approximate surface area is 313 Å². The van der Waals surface area contributed by atoms with Crippen molar-refractivity contribution >= 4 is 28.6 Å². The summed E-state index contributed by atoms with van der Waals surface area (Å²) >= 11 is 0. The highest BCUT2D eigenvalue weighted by atomic mass is 28.4. The molecule has 0 saturated carbocycles. The summed E-state index contributed by atoms with van der Waals surface area (Å²) in [6, 6.07) is 0. The molecule has 0 rings (SSSR count). The van der Waals surface area contributed by atoms with Crippen molar-refractivity contribution in [3.8, 4) is 0 Å². The van der Waals surface area contributed by atoms with Gasteiger partial charge in [-0.2, -0.15) is 0 Å². The topological polar surface area (TPSA) is 82.1 Å². The van der Waals surface area contributed by atoms with Crippen LogP contribution in [0.4, 0.5) is 0 Å². The number of hydrogen-bond acceptors (Lipinski definition) is 5. The highest BCUT2D eigenvalue weighted by molar-refractivity contribution is 6.74. The summed E-state index contributed by atoms with van der Waals surface area (Å²) in [6.07, 6.45) is 11.9. The van der Waals surface area contributed by atoms with Crippen molar-refractivity contribution in [2.45, 2.75) is 193 Å². The molecule has 50 heavy (non-hydrogen) atoms. The number of carboxylic acids is 1. The second-order valence-corrected chi connectivity index (χ2v) is 26.1. The fraction of sp³-hybridized carbons (Fsp3) is 0.762. The Morgan fingerprint density at radius 1 is 0.680 bits per heavy atom. The predicted octanol–water partition coefficient (Wildman–Crippen LogP) is 13.3. The van der Waals surface area contributed by atoms with E-state index in [1.165, 1.54) is 11.1 Å². The van der Waals surface area contributed by atoms with Crippen LogP contribution in [0.2, 0.25) is 36.3 Å². The summed E-state index contributed by atoms with van der Waals surface area (Å²) in [5.74, 6) is -0.292. The lowest BCUT2D eigenvalue weighted by Gasteiger charge is -2.41. The number of hydrogen-bond donors (Lipinski definition) is 1. The van der Waals surface area contributed by atoms with Crippen molar-refractivity contribution in [3.63, 3.8) is 0 Å². The van der Waals surface area contributed by atoms with Crippen molar-refractivity contribution in [1.29, 1.82) is 0 Å². The maximum atomic E-state index is 11.7. The first-order valence-corrected chi connectivity index (χ1v) is 23.9. The molecular formula is C42H84O6Si2. The average molecular weight is 741 g/mol. The van der Waals surface area contributed by atoms with Crippen molar-refractivity contribution < 1.29 is 28.3 Å². The zero-order valence-corrected chi connectivity index (χ0v) is 36.6. The van der Waals surface area contributed by atoms with Gasteiger partial charge in [0.25, 0.3) is 0 Å². The van der Waals surface area contributed by atoms with Gasteiger partial charge in [0.2, 0.25) is 0 Å². The van der Waals surface area contributed by atoms with Crippen LogP contribution < -0.4 is 0 Å². The quantitative estimate of drug-likeness (QED) is 0.0692. The van der Waals surface area contributed by atoms with E-state index >= 15 is 0 Å². The van der Waals surface area contributed by atoms with Crippen LogP contribution in [0.15, 0.2) is 46.6 Å². The Kier molecular flexibility index (Phi) is 26.9. The van der Waals surface area contributed by atoms with E-state index in [2.05, 4.69) is 121 Å². The van der Waals surface area contributed by atoms with Gasteiger partial charge in [0, 0.05) is 11.1 Å². The van der Waals surface area contributed by atoms with E-state index in [-0.39, 0.29) is 43.1 Å². The predicted molar refractivity (Wildman–Crippen MR) is 225 cm³/mol. The molecule has 0 aromatic heterocycles. The van der Waals surface area contributed by atoms with E-state index in [0.29, 0.717) is 29.6 Å². The minimum absolute atomic E-state index is 0. The fourth-order valence-electron chi connectivity index (χ4n) is 4.48. The maximum Gasteiger partial charge on any atom is 0.333 e. The summed E-state index contributed by atoms with van der Waals surface area (Å²) in [4.78, 5) is 22.6. The summed E-state index contributed by atoms with van der Waals surface area (Å²) in [6.45, 7) is 41.4. The van der Waals surface area contributed by atoms with Gasteiger partial charge in [-0.15, -0.1) is 0 Å². The van der Waals surface area contributed by atoms with Crippen LogP contribution in [0.25, 0.3) is 0 Å². The number of carboxylic acid groups (broad SMARTS) is 1. The van der Waals surface area contributed by atoms with E-state index in [9.17, 15) is 9.59 Å². The first-order chi connectivity index (χ1) is 21.7. The highest BCUT2D eigenvalue weighted by Crippen LogP contribution is 2.40. The number of carbonyl (C=O) groups excluding carboxylic acids is 1. The lowest BCUT2D eigenvalue weighted by atomic mass is 9.93. The third-order valence-corrected chi connectivity index (χ3v) is 19.3. The van der Waals surface area contributed by atoms with Gasteiger partial charge in [0.15, 0.2) is 16.6 Å². The van der Waals surface area contributed by atoms with Crippen molar-refractivity contribution in [2.75, 3.05) is 6.61 Å². The van der Waals surface area contributed by atoms with Gasteiger partial charge < -0.3 is 18.7 Å². The second kappa shape index (κ2) is 24.5. The minimum Gasteiger partial charge on any atom is -0.478 e. The van der Waals surface area contributed by atoms with Gasteiger partial charge in [0.05, 0.1) is 18.8 Å². The van der Waals surface area contributed by atoms with Crippen molar-refractivity contribution in [1.82, 2.24) is 0 Å². The number of allylic oxidation sites excluding steroid dienone is 4. The Morgan fingerprint density at radius 3 is 1.26 bits per heavy atom. The van der Waals surface area contributed by atoms with Gasteiger partial charge in [-0.3, -0.25) is 0 Å². The van der Waals surface area contributed by atoms with Gasteiger partial charge >= 0.3 is 11.9 Å². The van der Waals surface area contributed by atoms with Gasteiger partial charge in [-0.25, -0.2) is 9.59 Å². The summed E-state index contributed by atoms with van der Waals surface area (Å²) in [5, 5.41) is 9.30. The molecule has 0 aliphatic rings. The molecule has 0 aromatic carbocycles. The molecule has 0 aromatic rings. The molecule has 0 unspecified atom stereocenters. The van der Waals surface area contributed by atoms with E-state index in [1.807, 2.05) is 26.0 Å². The molecular weight excluding hydrogens is 657 g/mol. The molecule has 6 nitrogen and oxygen atoms in total. The molecule has 0 aliphatic heterocycles. The van der Waals surface area contributed by atoms with Crippen LogP contribution in [0, 0.1) is 11.8 Å². The monoisotopic (exact) mass is 741 g/mol. The molecule has 4 atom stereocenters. The van der Waals surface area contributed by atoms with Crippen molar-refractivity contribution in [2.24, 2.45) is 11.8 Å². The first-order valence-electron chi connectivity index (χ1n) is 18.1. The number of rotatable bonds is 17. The molecule has 0 spiro atoms. The Morgan fingerprint density at radius 2 is 1.00 bits per heavy atom. The number of ether oxygens (including phenoxy) is 1. The largest absolute Gasteiger partial charge is 0.478 e. The van der Waals surface area contributed by atoms with Gasteiger partial charge in [-0.1, -0.05) is 94.5 Å². The maximum absolute atomic E-state index is 11.7. The first kappa shape index (κ1) is 55.0. The summed E-state index contributed by atoms with van der Waals surface area (Å²) in [5.41, 5.74) is 3.67. The number of esters is 1. The molecule has 0 saturated heterocycles. The van der Waals surface area contributed by atoms with E-state index < -0.39 is 22.6 Å². The molecule has 0 aliphatic carbocycles. The Bertz CT molecular complexity index is 1120. The smallest absolute Gasteiger partial charge is 0.333 e. The zero-order chi connectivity index (χ0) is 38.3. The van der Waals surface area contributed by atoms with E-state index in [0.717, 1.165) is 25.7 Å².